The summed E-state index contributed by atoms with van der Waals surface area (Å²) in [5, 5.41) is 13.2. The van der Waals surface area contributed by atoms with Crippen LogP contribution in [0.2, 0.25) is 0 Å². The molecule has 0 aliphatic carbocycles. The molecule has 1 aromatic rings. The van der Waals surface area contributed by atoms with E-state index in [0.717, 1.165) is 17.8 Å². The van der Waals surface area contributed by atoms with Crippen LogP contribution in [-0.2, 0) is 0 Å². The summed E-state index contributed by atoms with van der Waals surface area (Å²) in [6, 6.07) is 5.77. The summed E-state index contributed by atoms with van der Waals surface area (Å²) in [7, 11) is 0. The van der Waals surface area contributed by atoms with Gasteiger partial charge in [-0.15, -0.1) is 0 Å². The Bertz CT molecular complexity index is 464. The van der Waals surface area contributed by atoms with E-state index in [0.29, 0.717) is 18.7 Å². The maximum absolute atomic E-state index is 12.6. The van der Waals surface area contributed by atoms with Crippen LogP contribution >= 0.6 is 0 Å². The SMILES string of the molecule is CCNc1cc(C)ccc1C(=O)N(CC)CC(C)(C)O. The van der Waals surface area contributed by atoms with Crippen molar-refractivity contribution in [3.05, 3.63) is 29.3 Å². The number of carbonyl (C=O) groups is 1. The zero-order valence-electron chi connectivity index (χ0n) is 13.2. The van der Waals surface area contributed by atoms with E-state index in [4.69, 9.17) is 0 Å². The van der Waals surface area contributed by atoms with Crippen molar-refractivity contribution in [3.63, 3.8) is 0 Å². The number of amides is 1. The summed E-state index contributed by atoms with van der Waals surface area (Å²) < 4.78 is 0. The predicted octanol–water partition coefficient (Wildman–Crippen LogP) is 2.66. The zero-order chi connectivity index (χ0) is 15.3. The fraction of sp³-hybridized carbons (Fsp3) is 0.562. The summed E-state index contributed by atoms with van der Waals surface area (Å²) in [6.45, 7) is 11.0. The van der Waals surface area contributed by atoms with Gasteiger partial charge in [-0.25, -0.2) is 0 Å². The van der Waals surface area contributed by atoms with E-state index in [1.165, 1.54) is 0 Å². The predicted molar refractivity (Wildman–Crippen MR) is 83.2 cm³/mol. The summed E-state index contributed by atoms with van der Waals surface area (Å²) in [5.74, 6) is -0.0504. The molecular weight excluding hydrogens is 252 g/mol. The second kappa shape index (κ2) is 6.75. The van der Waals surface area contributed by atoms with Gasteiger partial charge in [-0.2, -0.15) is 0 Å². The lowest BCUT2D eigenvalue weighted by Crippen LogP contribution is -2.42. The number of carbonyl (C=O) groups excluding carboxylic acids is 1. The quantitative estimate of drug-likeness (QED) is 0.841. The summed E-state index contributed by atoms with van der Waals surface area (Å²) >= 11 is 0. The normalized spacial score (nSPS) is 11.3. The van der Waals surface area contributed by atoms with Gasteiger partial charge in [0.2, 0.25) is 0 Å². The third-order valence-electron chi connectivity index (χ3n) is 3.02. The Morgan fingerprint density at radius 3 is 2.50 bits per heavy atom. The van der Waals surface area contributed by atoms with Crippen molar-refractivity contribution in [3.8, 4) is 0 Å². The Balaban J connectivity index is 3.05. The molecule has 4 nitrogen and oxygen atoms in total. The highest BCUT2D eigenvalue weighted by Crippen LogP contribution is 2.20. The van der Waals surface area contributed by atoms with Crippen LogP contribution in [0.25, 0.3) is 0 Å². The molecule has 112 valence electrons. The molecule has 0 heterocycles. The van der Waals surface area contributed by atoms with Crippen LogP contribution in [0, 0.1) is 6.92 Å². The molecule has 20 heavy (non-hydrogen) atoms. The lowest BCUT2D eigenvalue weighted by molar-refractivity contribution is 0.0315. The Kier molecular flexibility index (Phi) is 5.57. The van der Waals surface area contributed by atoms with Crippen molar-refractivity contribution in [2.75, 3.05) is 25.0 Å². The lowest BCUT2D eigenvalue weighted by Gasteiger charge is -2.29. The number of aryl methyl sites for hydroxylation is 1. The molecule has 0 unspecified atom stereocenters. The highest BCUT2D eigenvalue weighted by Gasteiger charge is 2.23. The van der Waals surface area contributed by atoms with Crippen molar-refractivity contribution < 1.29 is 9.90 Å². The topological polar surface area (TPSA) is 52.6 Å². The van der Waals surface area contributed by atoms with Crippen LogP contribution in [0.3, 0.4) is 0 Å². The minimum absolute atomic E-state index is 0.0504. The van der Waals surface area contributed by atoms with Crippen molar-refractivity contribution in [2.24, 2.45) is 0 Å². The molecule has 1 rings (SSSR count). The molecule has 0 spiro atoms. The molecule has 4 heteroatoms. The summed E-state index contributed by atoms with van der Waals surface area (Å²) in [6.07, 6.45) is 0. The molecular formula is C16H26N2O2. The number of aliphatic hydroxyl groups is 1. The van der Waals surface area contributed by atoms with Gasteiger partial charge in [-0.1, -0.05) is 6.07 Å². The Labute approximate surface area is 121 Å². The number of benzene rings is 1. The maximum Gasteiger partial charge on any atom is 0.256 e. The molecule has 0 bridgehead atoms. The van der Waals surface area contributed by atoms with Gasteiger partial charge in [0.05, 0.1) is 11.2 Å². The fourth-order valence-corrected chi connectivity index (χ4v) is 2.15. The van der Waals surface area contributed by atoms with Crippen LogP contribution in [0.5, 0.6) is 0 Å². The third-order valence-corrected chi connectivity index (χ3v) is 3.02. The minimum Gasteiger partial charge on any atom is -0.389 e. The van der Waals surface area contributed by atoms with Crippen molar-refractivity contribution in [1.82, 2.24) is 4.90 Å². The number of hydrogen-bond donors (Lipinski definition) is 2. The molecule has 2 N–H and O–H groups in total. The zero-order valence-corrected chi connectivity index (χ0v) is 13.2. The minimum atomic E-state index is -0.894. The molecule has 0 saturated heterocycles. The van der Waals surface area contributed by atoms with E-state index in [-0.39, 0.29) is 5.91 Å². The van der Waals surface area contributed by atoms with Gasteiger partial charge < -0.3 is 15.3 Å². The molecule has 0 saturated carbocycles. The van der Waals surface area contributed by atoms with Gasteiger partial charge in [0, 0.05) is 25.3 Å². The Morgan fingerprint density at radius 1 is 1.35 bits per heavy atom. The standard InChI is InChI=1S/C16H26N2O2/c1-6-17-14-10-12(3)8-9-13(14)15(19)18(7-2)11-16(4,5)20/h8-10,17,20H,6-7,11H2,1-5H3. The Morgan fingerprint density at radius 2 is 2.00 bits per heavy atom. The molecule has 0 aliphatic rings. The highest BCUT2D eigenvalue weighted by atomic mass is 16.3. The first-order valence-corrected chi connectivity index (χ1v) is 7.14. The maximum atomic E-state index is 12.6. The monoisotopic (exact) mass is 278 g/mol. The highest BCUT2D eigenvalue weighted by molar-refractivity contribution is 5.99. The van der Waals surface area contributed by atoms with E-state index in [9.17, 15) is 9.90 Å². The van der Waals surface area contributed by atoms with Gasteiger partial charge in [-0.05, 0) is 52.3 Å². The first kappa shape index (κ1) is 16.5. The van der Waals surface area contributed by atoms with Crippen molar-refractivity contribution in [1.29, 1.82) is 0 Å². The van der Waals surface area contributed by atoms with Gasteiger partial charge in [-0.3, -0.25) is 4.79 Å². The molecule has 1 aromatic carbocycles. The molecule has 0 aromatic heterocycles. The van der Waals surface area contributed by atoms with Crippen LogP contribution in [-0.4, -0.2) is 41.1 Å². The number of likely N-dealkylation sites (N-methyl/N-ethyl adjacent to an activating group) is 1. The number of nitrogens with one attached hydrogen (secondary N) is 1. The van der Waals surface area contributed by atoms with Crippen LogP contribution in [0.4, 0.5) is 5.69 Å². The summed E-state index contributed by atoms with van der Waals surface area (Å²) in [4.78, 5) is 14.3. The average molecular weight is 278 g/mol. The smallest absolute Gasteiger partial charge is 0.256 e. The number of rotatable bonds is 6. The Hall–Kier alpha value is -1.55. The number of nitrogens with zero attached hydrogens (tertiary/aromatic N) is 1. The summed E-state index contributed by atoms with van der Waals surface area (Å²) in [5.41, 5.74) is 1.73. The molecule has 0 fully saturated rings. The first-order valence-electron chi connectivity index (χ1n) is 7.14. The third kappa shape index (κ3) is 4.53. The van der Waals surface area contributed by atoms with Gasteiger partial charge in [0.15, 0.2) is 0 Å². The van der Waals surface area contributed by atoms with Crippen LogP contribution < -0.4 is 5.32 Å². The van der Waals surface area contributed by atoms with Gasteiger partial charge in [0.1, 0.15) is 0 Å². The van der Waals surface area contributed by atoms with Gasteiger partial charge in [0.25, 0.3) is 5.91 Å². The van der Waals surface area contributed by atoms with E-state index in [1.54, 1.807) is 18.7 Å². The van der Waals surface area contributed by atoms with E-state index in [2.05, 4.69) is 5.32 Å². The average Bonchev–Trinajstić information content (AvgIpc) is 2.35. The number of anilines is 1. The molecule has 0 aliphatic heterocycles. The van der Waals surface area contributed by atoms with Gasteiger partial charge >= 0.3 is 0 Å². The lowest BCUT2D eigenvalue weighted by atomic mass is 10.1. The largest absolute Gasteiger partial charge is 0.389 e. The number of hydrogen-bond acceptors (Lipinski definition) is 3. The van der Waals surface area contributed by atoms with Crippen molar-refractivity contribution >= 4 is 11.6 Å². The second-order valence-electron chi connectivity index (χ2n) is 5.71. The van der Waals surface area contributed by atoms with Crippen molar-refractivity contribution in [2.45, 2.75) is 40.2 Å². The molecule has 0 atom stereocenters. The molecule has 0 radical (unpaired) electrons. The second-order valence-corrected chi connectivity index (χ2v) is 5.71. The van der Waals surface area contributed by atoms with E-state index < -0.39 is 5.60 Å². The van der Waals surface area contributed by atoms with E-state index >= 15 is 0 Å². The fourth-order valence-electron chi connectivity index (χ4n) is 2.15. The van der Waals surface area contributed by atoms with Crippen LogP contribution in [0.1, 0.15) is 43.6 Å². The first-order chi connectivity index (χ1) is 9.28. The van der Waals surface area contributed by atoms with E-state index in [1.807, 2.05) is 39.0 Å². The molecule has 1 amide bonds. The van der Waals surface area contributed by atoms with Crippen LogP contribution in [0.15, 0.2) is 18.2 Å².